The summed E-state index contributed by atoms with van der Waals surface area (Å²) in [5.41, 5.74) is 0.203. The summed E-state index contributed by atoms with van der Waals surface area (Å²) in [5, 5.41) is 3.51. The molecule has 2 saturated heterocycles. The molecule has 3 nitrogen and oxygen atoms in total. The Morgan fingerprint density at radius 3 is 2.89 bits per heavy atom. The summed E-state index contributed by atoms with van der Waals surface area (Å²) in [4.78, 5) is 0. The molecular weight excluding hydrogens is 258 g/mol. The fraction of sp³-hybridized carbons (Fsp3) is 1.00. The predicted molar refractivity (Wildman–Crippen MR) is 81.9 cm³/mol. The Kier molecular flexibility index (Phi) is 6.46. The van der Waals surface area contributed by atoms with Crippen LogP contribution in [0.1, 0.15) is 39.0 Å². The molecular formula is C15H29NO2S. The lowest BCUT2D eigenvalue weighted by molar-refractivity contribution is -0.108. The Balaban J connectivity index is 1.87. The Morgan fingerprint density at radius 1 is 1.42 bits per heavy atom. The van der Waals surface area contributed by atoms with Crippen LogP contribution in [0.2, 0.25) is 0 Å². The van der Waals surface area contributed by atoms with Crippen LogP contribution in [0.25, 0.3) is 0 Å². The molecule has 0 amide bonds. The normalized spacial score (nSPS) is 28.4. The maximum atomic E-state index is 6.18. The minimum atomic E-state index is 0.203. The van der Waals surface area contributed by atoms with E-state index in [-0.39, 0.29) is 5.60 Å². The Morgan fingerprint density at radius 2 is 2.21 bits per heavy atom. The highest BCUT2D eigenvalue weighted by atomic mass is 32.2. The highest BCUT2D eigenvalue weighted by Gasteiger charge is 2.40. The van der Waals surface area contributed by atoms with Gasteiger partial charge in [-0.15, -0.1) is 0 Å². The van der Waals surface area contributed by atoms with Gasteiger partial charge in [0.2, 0.25) is 0 Å². The van der Waals surface area contributed by atoms with Gasteiger partial charge in [0.1, 0.15) is 0 Å². The second kappa shape index (κ2) is 7.87. The van der Waals surface area contributed by atoms with Crippen molar-refractivity contribution in [3.8, 4) is 0 Å². The van der Waals surface area contributed by atoms with Crippen LogP contribution < -0.4 is 5.32 Å². The topological polar surface area (TPSA) is 30.5 Å². The molecule has 2 heterocycles. The molecule has 0 aromatic heterocycles. The van der Waals surface area contributed by atoms with E-state index in [1.807, 2.05) is 0 Å². The van der Waals surface area contributed by atoms with Crippen molar-refractivity contribution in [3.63, 3.8) is 0 Å². The number of thioether (sulfide) groups is 1. The summed E-state index contributed by atoms with van der Waals surface area (Å²) in [5.74, 6) is 3.30. The van der Waals surface area contributed by atoms with Crippen molar-refractivity contribution in [2.75, 3.05) is 38.4 Å². The monoisotopic (exact) mass is 287 g/mol. The minimum Gasteiger partial charge on any atom is -0.382 e. The first kappa shape index (κ1) is 15.6. The highest BCUT2D eigenvalue weighted by molar-refractivity contribution is 7.99. The largest absolute Gasteiger partial charge is 0.382 e. The number of hydrogen-bond donors (Lipinski definition) is 1. The third-order valence-corrected chi connectivity index (χ3v) is 5.64. The van der Waals surface area contributed by atoms with Crippen molar-refractivity contribution in [1.29, 1.82) is 0 Å². The quantitative estimate of drug-likeness (QED) is 0.761. The lowest BCUT2D eigenvalue weighted by atomic mass is 9.78. The molecule has 2 aliphatic rings. The molecule has 0 bridgehead atoms. The van der Waals surface area contributed by atoms with Crippen molar-refractivity contribution in [1.82, 2.24) is 5.32 Å². The fourth-order valence-corrected chi connectivity index (χ4v) is 4.71. The number of ether oxygens (including phenoxy) is 2. The van der Waals surface area contributed by atoms with Crippen LogP contribution in [0.15, 0.2) is 0 Å². The summed E-state index contributed by atoms with van der Waals surface area (Å²) < 4.78 is 11.7. The van der Waals surface area contributed by atoms with Crippen LogP contribution in [0.4, 0.5) is 0 Å². The van der Waals surface area contributed by atoms with Gasteiger partial charge in [-0.1, -0.05) is 0 Å². The third kappa shape index (κ3) is 4.35. The fourth-order valence-electron chi connectivity index (χ4n) is 3.47. The number of hydrogen-bond acceptors (Lipinski definition) is 4. The van der Waals surface area contributed by atoms with Crippen LogP contribution in [0.3, 0.4) is 0 Å². The second-order valence-electron chi connectivity index (χ2n) is 5.78. The molecule has 112 valence electrons. The van der Waals surface area contributed by atoms with Crippen LogP contribution in [0.5, 0.6) is 0 Å². The average Bonchev–Trinajstić information content (AvgIpc) is 2.44. The molecule has 0 saturated carbocycles. The third-order valence-electron chi connectivity index (χ3n) is 4.65. The number of rotatable bonds is 6. The van der Waals surface area contributed by atoms with E-state index in [9.17, 15) is 0 Å². The van der Waals surface area contributed by atoms with Gasteiger partial charge in [-0.05, 0) is 63.5 Å². The lowest BCUT2D eigenvalue weighted by Crippen LogP contribution is -2.48. The first-order valence-corrected chi connectivity index (χ1v) is 8.92. The van der Waals surface area contributed by atoms with E-state index in [4.69, 9.17) is 9.47 Å². The Hall–Kier alpha value is 0.230. The highest BCUT2D eigenvalue weighted by Crippen LogP contribution is 2.40. The minimum absolute atomic E-state index is 0.203. The molecule has 0 aliphatic carbocycles. The van der Waals surface area contributed by atoms with E-state index in [1.54, 1.807) is 0 Å². The maximum Gasteiger partial charge on any atom is 0.0701 e. The summed E-state index contributed by atoms with van der Waals surface area (Å²) in [7, 11) is 2.09. The zero-order valence-corrected chi connectivity index (χ0v) is 13.3. The molecule has 0 aromatic rings. The van der Waals surface area contributed by atoms with E-state index in [0.717, 1.165) is 32.2 Å². The molecule has 2 rings (SSSR count). The average molecular weight is 287 g/mol. The Labute approximate surface area is 122 Å². The van der Waals surface area contributed by atoms with Crippen molar-refractivity contribution >= 4 is 11.8 Å². The molecule has 2 atom stereocenters. The zero-order chi connectivity index (χ0) is 13.6. The SMILES string of the molecule is CCOCCC(NC)C1CCOC2(CCSCC2)C1. The van der Waals surface area contributed by atoms with E-state index < -0.39 is 0 Å². The van der Waals surface area contributed by atoms with Crippen LogP contribution in [0, 0.1) is 5.92 Å². The van der Waals surface area contributed by atoms with Gasteiger partial charge in [0.05, 0.1) is 5.60 Å². The predicted octanol–water partition coefficient (Wildman–Crippen LogP) is 2.69. The molecule has 1 N–H and O–H groups in total. The van der Waals surface area contributed by atoms with E-state index in [0.29, 0.717) is 6.04 Å². The van der Waals surface area contributed by atoms with E-state index >= 15 is 0 Å². The molecule has 0 radical (unpaired) electrons. The van der Waals surface area contributed by atoms with Gasteiger partial charge >= 0.3 is 0 Å². The van der Waals surface area contributed by atoms with E-state index in [1.165, 1.54) is 37.2 Å². The van der Waals surface area contributed by atoms with Crippen LogP contribution >= 0.6 is 11.8 Å². The summed E-state index contributed by atoms with van der Waals surface area (Å²) in [6.07, 6.45) is 6.06. The van der Waals surface area contributed by atoms with Gasteiger partial charge < -0.3 is 14.8 Å². The van der Waals surface area contributed by atoms with Gasteiger partial charge in [0.15, 0.2) is 0 Å². The first-order chi connectivity index (χ1) is 9.29. The molecule has 2 unspecified atom stereocenters. The van der Waals surface area contributed by atoms with Gasteiger partial charge in [-0.2, -0.15) is 11.8 Å². The van der Waals surface area contributed by atoms with Crippen molar-refractivity contribution in [3.05, 3.63) is 0 Å². The lowest BCUT2D eigenvalue weighted by Gasteiger charge is -2.45. The van der Waals surface area contributed by atoms with Gasteiger partial charge in [0.25, 0.3) is 0 Å². The van der Waals surface area contributed by atoms with Crippen molar-refractivity contribution < 1.29 is 9.47 Å². The van der Waals surface area contributed by atoms with Gasteiger partial charge in [-0.25, -0.2) is 0 Å². The molecule has 2 fully saturated rings. The summed E-state index contributed by atoms with van der Waals surface area (Å²) in [6.45, 7) is 4.72. The maximum absolute atomic E-state index is 6.18. The molecule has 1 spiro atoms. The second-order valence-corrected chi connectivity index (χ2v) is 7.00. The van der Waals surface area contributed by atoms with Crippen molar-refractivity contribution in [2.45, 2.75) is 50.7 Å². The summed E-state index contributed by atoms with van der Waals surface area (Å²) >= 11 is 2.08. The number of nitrogens with one attached hydrogen (secondary N) is 1. The molecule has 2 aliphatic heterocycles. The standard InChI is InChI=1S/C15H29NO2S/c1-3-17-8-5-14(16-2)13-4-9-18-15(12-13)6-10-19-11-7-15/h13-14,16H,3-12H2,1-2H3. The first-order valence-electron chi connectivity index (χ1n) is 7.76. The van der Waals surface area contributed by atoms with Crippen molar-refractivity contribution in [2.24, 2.45) is 5.92 Å². The molecule has 19 heavy (non-hydrogen) atoms. The van der Waals surface area contributed by atoms with E-state index in [2.05, 4.69) is 31.1 Å². The Bertz CT molecular complexity index is 251. The zero-order valence-electron chi connectivity index (χ0n) is 12.5. The van der Waals surface area contributed by atoms with Crippen LogP contribution in [-0.4, -0.2) is 50.0 Å². The molecule has 0 aromatic carbocycles. The smallest absolute Gasteiger partial charge is 0.0701 e. The van der Waals surface area contributed by atoms with Crippen LogP contribution in [-0.2, 0) is 9.47 Å². The van der Waals surface area contributed by atoms with Gasteiger partial charge in [-0.3, -0.25) is 0 Å². The van der Waals surface area contributed by atoms with Gasteiger partial charge in [0, 0.05) is 25.9 Å². The summed E-state index contributed by atoms with van der Waals surface area (Å²) in [6, 6.07) is 0.585. The molecule has 4 heteroatoms.